The molecule has 9 nitrogen and oxygen atoms in total. The number of ketones is 1. The molecule has 6 rings (SSSR count). The van der Waals surface area contributed by atoms with Crippen LogP contribution in [-0.2, 0) is 16.6 Å². The number of hydrogen-bond acceptors (Lipinski definition) is 9. The molecule has 2 aromatic heterocycles. The number of aromatic nitrogens is 3. The summed E-state index contributed by atoms with van der Waals surface area (Å²) >= 11 is 0. The molecule has 2 aliphatic carbocycles. The van der Waals surface area contributed by atoms with Gasteiger partial charge < -0.3 is 19.1 Å². The van der Waals surface area contributed by atoms with Gasteiger partial charge in [-0.15, -0.1) is 0 Å². The fourth-order valence-corrected chi connectivity index (χ4v) is 7.29. The van der Waals surface area contributed by atoms with Gasteiger partial charge >= 0.3 is 0 Å². The molecule has 9 heteroatoms. The van der Waals surface area contributed by atoms with Crippen LogP contribution in [0.3, 0.4) is 0 Å². The van der Waals surface area contributed by atoms with Gasteiger partial charge in [0.25, 0.3) is 0 Å². The summed E-state index contributed by atoms with van der Waals surface area (Å²) in [7, 11) is 6.44. The van der Waals surface area contributed by atoms with Gasteiger partial charge in [0.2, 0.25) is 17.5 Å². The number of anilines is 1. The molecular formula is C29H42N6O3. The number of fused-ring (bicyclic) bond motifs is 2. The summed E-state index contributed by atoms with van der Waals surface area (Å²) in [5, 5.41) is 4.54. The van der Waals surface area contributed by atoms with E-state index in [1.165, 1.54) is 6.42 Å². The lowest BCUT2D eigenvalue weighted by atomic mass is 9.64. The summed E-state index contributed by atoms with van der Waals surface area (Å²) < 4.78 is 12.5. The van der Waals surface area contributed by atoms with E-state index in [1.54, 1.807) is 0 Å². The van der Waals surface area contributed by atoms with Gasteiger partial charge in [-0.3, -0.25) is 9.69 Å². The highest BCUT2D eigenvalue weighted by molar-refractivity contribution is 5.91. The SMILES string of the molecule is C[C@H](Oc1cc(N2CC[C@H](N(C)C)C2)nc(-c2onc3c2CCC[C@@]32CCCCC2=O)n1)[C@@H]1CCCN1C. The van der Waals surface area contributed by atoms with E-state index in [0.717, 1.165) is 88.1 Å². The molecular weight excluding hydrogens is 480 g/mol. The minimum absolute atomic E-state index is 0.0120. The Morgan fingerprint density at radius 3 is 2.68 bits per heavy atom. The molecule has 2 aliphatic heterocycles. The molecule has 4 aliphatic rings. The van der Waals surface area contributed by atoms with E-state index in [1.807, 2.05) is 6.07 Å². The molecule has 206 valence electrons. The standard InChI is InChI=1S/C29H42N6O3/c1-19(22-10-8-15-34(22)4)37-25-17-24(35-16-12-20(18-35)33(2)3)30-28(31-25)26-21-9-7-14-29(27(21)32-38-26)13-6-5-11-23(29)36/h17,19-20,22H,5-16,18H2,1-4H3/t19-,20-,22-,29+/m0/s1. The number of likely N-dealkylation sites (tertiary alicyclic amines) is 1. The van der Waals surface area contributed by atoms with Gasteiger partial charge in [0, 0.05) is 43.2 Å². The van der Waals surface area contributed by atoms with Crippen molar-refractivity contribution in [2.75, 3.05) is 45.7 Å². The minimum Gasteiger partial charge on any atom is -0.473 e. The summed E-state index contributed by atoms with van der Waals surface area (Å²) in [6.07, 6.45) is 9.63. The summed E-state index contributed by atoms with van der Waals surface area (Å²) in [6, 6.07) is 2.85. The van der Waals surface area contributed by atoms with Gasteiger partial charge in [-0.1, -0.05) is 11.6 Å². The lowest BCUT2D eigenvalue weighted by molar-refractivity contribution is -0.127. The van der Waals surface area contributed by atoms with Crippen molar-refractivity contribution in [2.45, 2.75) is 94.7 Å². The molecule has 1 saturated carbocycles. The predicted octanol–water partition coefficient (Wildman–Crippen LogP) is 3.85. The van der Waals surface area contributed by atoms with Crippen LogP contribution in [-0.4, -0.2) is 89.7 Å². The molecule has 1 spiro atoms. The molecule has 38 heavy (non-hydrogen) atoms. The number of nitrogens with zero attached hydrogens (tertiary/aromatic N) is 6. The Hall–Kier alpha value is -2.52. The first kappa shape index (κ1) is 25.7. The van der Waals surface area contributed by atoms with Gasteiger partial charge in [0.1, 0.15) is 23.4 Å². The molecule has 0 bridgehead atoms. The number of Topliss-reactive ketones (excluding diaryl/α,β-unsaturated/α-hetero) is 1. The van der Waals surface area contributed by atoms with Gasteiger partial charge in [0.05, 0.1) is 5.41 Å². The van der Waals surface area contributed by atoms with Gasteiger partial charge in [-0.2, -0.15) is 4.98 Å². The van der Waals surface area contributed by atoms with E-state index >= 15 is 0 Å². The molecule has 2 aromatic rings. The zero-order valence-electron chi connectivity index (χ0n) is 23.4. The van der Waals surface area contributed by atoms with Crippen LogP contribution in [0.25, 0.3) is 11.6 Å². The van der Waals surface area contributed by atoms with Crippen LogP contribution in [0.2, 0.25) is 0 Å². The normalized spacial score (nSPS) is 28.9. The highest BCUT2D eigenvalue weighted by Crippen LogP contribution is 2.47. The highest BCUT2D eigenvalue weighted by Gasteiger charge is 2.48. The zero-order chi connectivity index (χ0) is 26.4. The van der Waals surface area contributed by atoms with Crippen LogP contribution >= 0.6 is 0 Å². The first-order valence-electron chi connectivity index (χ1n) is 14.6. The fraction of sp³-hybridized carbons (Fsp3) is 0.724. The second-order valence-corrected chi connectivity index (χ2v) is 12.2. The summed E-state index contributed by atoms with van der Waals surface area (Å²) in [6.45, 7) is 5.09. The van der Waals surface area contributed by atoms with Crippen LogP contribution in [0.15, 0.2) is 10.6 Å². The number of hydrogen-bond donors (Lipinski definition) is 0. The smallest absolute Gasteiger partial charge is 0.219 e. The van der Waals surface area contributed by atoms with E-state index in [2.05, 4.69) is 47.9 Å². The van der Waals surface area contributed by atoms with Gasteiger partial charge in [0.15, 0.2) is 0 Å². The second-order valence-electron chi connectivity index (χ2n) is 12.2. The van der Waals surface area contributed by atoms with Crippen molar-refractivity contribution >= 4 is 11.6 Å². The third-order valence-corrected chi connectivity index (χ3v) is 9.60. The van der Waals surface area contributed by atoms with Crippen molar-refractivity contribution in [3.8, 4) is 17.5 Å². The minimum atomic E-state index is -0.486. The third-order valence-electron chi connectivity index (χ3n) is 9.60. The summed E-state index contributed by atoms with van der Waals surface area (Å²) in [5.41, 5.74) is 1.38. The van der Waals surface area contributed by atoms with Crippen LogP contribution in [0.1, 0.15) is 76.0 Å². The highest BCUT2D eigenvalue weighted by atomic mass is 16.5. The van der Waals surface area contributed by atoms with E-state index in [-0.39, 0.29) is 6.10 Å². The lowest BCUT2D eigenvalue weighted by Crippen LogP contribution is -2.41. The molecule has 0 radical (unpaired) electrons. The Balaban J connectivity index is 1.37. The quantitative estimate of drug-likeness (QED) is 0.561. The van der Waals surface area contributed by atoms with Crippen LogP contribution in [0, 0.1) is 0 Å². The van der Waals surface area contributed by atoms with Gasteiger partial charge in [-0.05, 0) is 86.0 Å². The second kappa shape index (κ2) is 10.2. The largest absolute Gasteiger partial charge is 0.473 e. The number of ether oxygens (including phenoxy) is 1. The number of rotatable bonds is 6. The van der Waals surface area contributed by atoms with Crippen LogP contribution in [0.5, 0.6) is 5.88 Å². The molecule has 0 aromatic carbocycles. The average molecular weight is 523 g/mol. The molecule has 4 atom stereocenters. The van der Waals surface area contributed by atoms with Crippen molar-refractivity contribution in [1.29, 1.82) is 0 Å². The zero-order valence-corrected chi connectivity index (χ0v) is 23.4. The van der Waals surface area contributed by atoms with Crippen molar-refractivity contribution in [3.05, 3.63) is 17.3 Å². The topological polar surface area (TPSA) is 87.8 Å². The maximum atomic E-state index is 13.2. The average Bonchev–Trinajstić information content (AvgIpc) is 3.66. The molecule has 2 saturated heterocycles. The van der Waals surface area contributed by atoms with Crippen molar-refractivity contribution in [3.63, 3.8) is 0 Å². The predicted molar refractivity (Wildman–Crippen MR) is 146 cm³/mol. The summed E-state index contributed by atoms with van der Waals surface area (Å²) in [5.74, 6) is 2.90. The Morgan fingerprint density at radius 2 is 1.95 bits per heavy atom. The first-order valence-corrected chi connectivity index (χ1v) is 14.6. The van der Waals surface area contributed by atoms with Crippen molar-refractivity contribution < 1.29 is 14.1 Å². The van der Waals surface area contributed by atoms with Crippen molar-refractivity contribution in [1.82, 2.24) is 24.9 Å². The molecule has 0 amide bonds. The lowest BCUT2D eigenvalue weighted by Gasteiger charge is -2.37. The van der Waals surface area contributed by atoms with E-state index in [4.69, 9.17) is 19.2 Å². The molecule has 0 unspecified atom stereocenters. The van der Waals surface area contributed by atoms with Crippen molar-refractivity contribution in [2.24, 2.45) is 0 Å². The fourth-order valence-electron chi connectivity index (χ4n) is 7.29. The first-order chi connectivity index (χ1) is 18.4. The molecule has 4 heterocycles. The maximum Gasteiger partial charge on any atom is 0.219 e. The van der Waals surface area contributed by atoms with Crippen LogP contribution in [0.4, 0.5) is 5.82 Å². The van der Waals surface area contributed by atoms with E-state index in [9.17, 15) is 4.79 Å². The Labute approximate surface area is 225 Å². The van der Waals surface area contributed by atoms with Gasteiger partial charge in [-0.25, -0.2) is 4.98 Å². The third kappa shape index (κ3) is 4.51. The number of carbonyl (C=O) groups is 1. The molecule has 3 fully saturated rings. The Morgan fingerprint density at radius 1 is 1.11 bits per heavy atom. The van der Waals surface area contributed by atoms with Crippen LogP contribution < -0.4 is 9.64 Å². The summed E-state index contributed by atoms with van der Waals surface area (Å²) in [4.78, 5) is 30.1. The number of likely N-dealkylation sites (N-methyl/N-ethyl adjacent to an activating group) is 2. The van der Waals surface area contributed by atoms with E-state index in [0.29, 0.717) is 41.8 Å². The Kier molecular flexibility index (Phi) is 6.93. The maximum absolute atomic E-state index is 13.2. The Bertz CT molecular complexity index is 1180. The van der Waals surface area contributed by atoms with E-state index < -0.39 is 5.41 Å². The molecule has 0 N–H and O–H groups in total. The monoisotopic (exact) mass is 522 g/mol. The number of carbonyl (C=O) groups excluding carboxylic acids is 1.